The minimum atomic E-state index is -0.401. The Labute approximate surface area is 281 Å². The number of ketones is 1. The van der Waals surface area contributed by atoms with Crippen LogP contribution in [0.2, 0.25) is 0 Å². The zero-order chi connectivity index (χ0) is 33.0. The third kappa shape index (κ3) is 6.56. The Morgan fingerprint density at radius 1 is 0.812 bits per heavy atom. The Bertz CT molecular complexity index is 1960. The number of carbonyl (C=O) groups excluding carboxylic acids is 2. The van der Waals surface area contributed by atoms with E-state index in [1.54, 1.807) is 0 Å². The molecule has 2 aliphatic rings. The molecular formula is C40H40N6O2. The Hall–Kier alpha value is -5.37. The fourth-order valence-electron chi connectivity index (χ4n) is 6.92. The molecule has 0 radical (unpaired) electrons. The molecule has 1 unspecified atom stereocenters. The molecule has 2 N–H and O–H groups in total. The maximum atomic E-state index is 13.3. The smallest absolute Gasteiger partial charge is 0.251 e. The summed E-state index contributed by atoms with van der Waals surface area (Å²) in [5.41, 5.74) is 5.93. The van der Waals surface area contributed by atoms with Crippen LogP contribution >= 0.6 is 0 Å². The Kier molecular flexibility index (Phi) is 8.97. The van der Waals surface area contributed by atoms with Gasteiger partial charge in [-0.2, -0.15) is 4.98 Å². The standard InChI is InChI=1S/C40H40N6O2/c1-46(2)38-33-14-8-9-15-34(33)44-40(45-38)43-30-22-18-27(19-23-30)25-42-39(48)29-20-16-26(17-21-29)24-41-36-31-12-6-7-13-32(31)37(47)35(36)28-10-4-3-5-11-28/h3-17,20-21,27,30,35H,18-19,22-25H2,1-2H3,(H,42,48)(H,43,44,45)/b41-36-/t27-,30+,35?. The number of anilines is 2. The lowest BCUT2D eigenvalue weighted by atomic mass is 9.86. The first kappa shape index (κ1) is 31.2. The fourth-order valence-corrected chi connectivity index (χ4v) is 6.92. The van der Waals surface area contributed by atoms with Crippen molar-refractivity contribution < 1.29 is 9.59 Å². The molecule has 0 spiro atoms. The number of para-hydroxylation sites is 1. The van der Waals surface area contributed by atoms with Gasteiger partial charge in [-0.05, 0) is 67.0 Å². The van der Waals surface area contributed by atoms with Gasteiger partial charge in [-0.1, -0.05) is 78.9 Å². The molecule has 2 aliphatic carbocycles. The number of nitrogens with one attached hydrogen (secondary N) is 2. The minimum absolute atomic E-state index is 0.0617. The number of aliphatic imine (C=N–C) groups is 1. The number of nitrogens with zero attached hydrogens (tertiary/aromatic N) is 4. The highest BCUT2D eigenvalue weighted by atomic mass is 16.1. The van der Waals surface area contributed by atoms with E-state index in [2.05, 4.69) is 16.7 Å². The minimum Gasteiger partial charge on any atom is -0.362 e. The van der Waals surface area contributed by atoms with Gasteiger partial charge < -0.3 is 15.5 Å². The van der Waals surface area contributed by atoms with Crippen LogP contribution in [-0.2, 0) is 6.54 Å². The molecule has 0 aliphatic heterocycles. The number of rotatable bonds is 9. The van der Waals surface area contributed by atoms with Gasteiger partial charge in [-0.3, -0.25) is 14.6 Å². The molecule has 0 saturated heterocycles. The second kappa shape index (κ2) is 13.8. The van der Waals surface area contributed by atoms with Crippen LogP contribution in [0.15, 0.2) is 108 Å². The van der Waals surface area contributed by atoms with Crippen LogP contribution in [0, 0.1) is 5.92 Å². The van der Waals surface area contributed by atoms with Crippen LogP contribution in [0.4, 0.5) is 11.8 Å². The van der Waals surface area contributed by atoms with E-state index in [1.807, 2.05) is 116 Å². The SMILES string of the molecule is CN(C)c1nc(N[C@H]2CC[C@@H](CNC(=O)c3ccc(C/N=C4/c5ccccc5C(=O)C4c4ccccc4)cc3)CC2)nc2ccccc12. The number of fused-ring (bicyclic) bond motifs is 2. The van der Waals surface area contributed by atoms with E-state index >= 15 is 0 Å². The highest BCUT2D eigenvalue weighted by molar-refractivity contribution is 6.31. The average Bonchev–Trinajstić information content (AvgIpc) is 3.41. The van der Waals surface area contributed by atoms with Crippen LogP contribution in [0.3, 0.4) is 0 Å². The van der Waals surface area contributed by atoms with Crippen LogP contribution in [0.25, 0.3) is 10.9 Å². The van der Waals surface area contributed by atoms with E-state index < -0.39 is 5.92 Å². The van der Waals surface area contributed by atoms with Crippen LogP contribution in [0.1, 0.15) is 69.0 Å². The first-order chi connectivity index (χ1) is 23.4. The molecule has 8 heteroatoms. The van der Waals surface area contributed by atoms with Crippen molar-refractivity contribution in [3.05, 3.63) is 131 Å². The fraction of sp³-hybridized carbons (Fsp3) is 0.275. The van der Waals surface area contributed by atoms with Crippen molar-refractivity contribution in [3.8, 4) is 0 Å². The zero-order valence-corrected chi connectivity index (χ0v) is 27.4. The molecule has 5 aromatic rings. The van der Waals surface area contributed by atoms with Crippen LogP contribution in [-0.4, -0.2) is 54.1 Å². The van der Waals surface area contributed by atoms with E-state index in [-0.39, 0.29) is 11.7 Å². The first-order valence-corrected chi connectivity index (χ1v) is 16.8. The Balaban J connectivity index is 0.926. The van der Waals surface area contributed by atoms with Gasteiger partial charge in [-0.25, -0.2) is 4.98 Å². The van der Waals surface area contributed by atoms with Gasteiger partial charge >= 0.3 is 0 Å². The monoisotopic (exact) mass is 636 g/mol. The van der Waals surface area contributed by atoms with Crippen molar-refractivity contribution in [2.24, 2.45) is 10.9 Å². The topological polar surface area (TPSA) is 99.6 Å². The quantitative estimate of drug-likeness (QED) is 0.180. The number of Topliss-reactive ketones (excluding diaryl/α,β-unsaturated/α-hetero) is 1. The average molecular weight is 637 g/mol. The third-order valence-corrected chi connectivity index (χ3v) is 9.52. The predicted molar refractivity (Wildman–Crippen MR) is 192 cm³/mol. The number of hydrogen-bond donors (Lipinski definition) is 2. The van der Waals surface area contributed by atoms with Crippen molar-refractivity contribution in [1.82, 2.24) is 15.3 Å². The van der Waals surface area contributed by atoms with E-state index in [1.165, 1.54) is 0 Å². The lowest BCUT2D eigenvalue weighted by Crippen LogP contribution is -2.34. The molecule has 8 nitrogen and oxygen atoms in total. The van der Waals surface area contributed by atoms with Gasteiger partial charge in [0.25, 0.3) is 5.91 Å². The second-order valence-electron chi connectivity index (χ2n) is 13.0. The number of amides is 1. The van der Waals surface area contributed by atoms with Gasteiger partial charge in [0.1, 0.15) is 5.82 Å². The predicted octanol–water partition coefficient (Wildman–Crippen LogP) is 7.07. The molecule has 1 aromatic heterocycles. The van der Waals surface area contributed by atoms with Crippen molar-refractivity contribution in [1.29, 1.82) is 0 Å². The number of carbonyl (C=O) groups is 2. The maximum absolute atomic E-state index is 13.3. The summed E-state index contributed by atoms with van der Waals surface area (Å²) >= 11 is 0. The summed E-state index contributed by atoms with van der Waals surface area (Å²) in [7, 11) is 4.01. The van der Waals surface area contributed by atoms with Crippen molar-refractivity contribution in [2.45, 2.75) is 44.2 Å². The molecular weight excluding hydrogens is 596 g/mol. The molecule has 1 heterocycles. The van der Waals surface area contributed by atoms with Crippen LogP contribution in [0.5, 0.6) is 0 Å². The lowest BCUT2D eigenvalue weighted by Gasteiger charge is -2.29. The number of hydrogen-bond acceptors (Lipinski definition) is 7. The summed E-state index contributed by atoms with van der Waals surface area (Å²) in [5, 5.41) is 7.77. The summed E-state index contributed by atoms with van der Waals surface area (Å²) in [6.45, 7) is 1.09. The summed E-state index contributed by atoms with van der Waals surface area (Å²) < 4.78 is 0. The molecule has 242 valence electrons. The van der Waals surface area contributed by atoms with Crippen LogP contribution < -0.4 is 15.5 Å². The lowest BCUT2D eigenvalue weighted by molar-refractivity contribution is 0.0942. The summed E-state index contributed by atoms with van der Waals surface area (Å²) in [4.78, 5) is 42.9. The highest BCUT2D eigenvalue weighted by Gasteiger charge is 2.37. The van der Waals surface area contributed by atoms with E-state index in [0.717, 1.165) is 70.4 Å². The normalized spacial score (nSPS) is 19.7. The highest BCUT2D eigenvalue weighted by Crippen LogP contribution is 2.35. The number of aromatic nitrogens is 2. The molecule has 1 atom stereocenters. The maximum Gasteiger partial charge on any atom is 0.251 e. The zero-order valence-electron chi connectivity index (χ0n) is 27.4. The van der Waals surface area contributed by atoms with Gasteiger partial charge in [0.05, 0.1) is 23.7 Å². The van der Waals surface area contributed by atoms with E-state index in [0.29, 0.717) is 36.6 Å². The third-order valence-electron chi connectivity index (χ3n) is 9.52. The summed E-state index contributed by atoms with van der Waals surface area (Å²) in [6, 6.07) is 33.6. The van der Waals surface area contributed by atoms with Crippen molar-refractivity contribution >= 4 is 40.1 Å². The molecule has 1 saturated carbocycles. The molecule has 7 rings (SSSR count). The van der Waals surface area contributed by atoms with Gasteiger partial charge in [0.15, 0.2) is 5.78 Å². The van der Waals surface area contributed by atoms with Crippen molar-refractivity contribution in [2.75, 3.05) is 30.9 Å². The Morgan fingerprint density at radius 3 is 2.25 bits per heavy atom. The largest absolute Gasteiger partial charge is 0.362 e. The molecule has 1 amide bonds. The van der Waals surface area contributed by atoms with E-state index in [4.69, 9.17) is 15.0 Å². The number of benzene rings is 4. The Morgan fingerprint density at radius 2 is 1.50 bits per heavy atom. The van der Waals surface area contributed by atoms with Gasteiger partial charge in [-0.15, -0.1) is 0 Å². The molecule has 0 bridgehead atoms. The first-order valence-electron chi connectivity index (χ1n) is 16.8. The van der Waals surface area contributed by atoms with E-state index in [9.17, 15) is 9.59 Å². The molecule has 1 fully saturated rings. The van der Waals surface area contributed by atoms with Crippen molar-refractivity contribution in [3.63, 3.8) is 0 Å². The molecule has 4 aromatic carbocycles. The summed E-state index contributed by atoms with van der Waals surface area (Å²) in [5.74, 6) is 1.64. The molecule has 48 heavy (non-hydrogen) atoms. The van der Waals surface area contributed by atoms with Gasteiger partial charge in [0.2, 0.25) is 5.95 Å². The van der Waals surface area contributed by atoms with Gasteiger partial charge in [0, 0.05) is 48.8 Å². The summed E-state index contributed by atoms with van der Waals surface area (Å²) in [6.07, 6.45) is 4.07. The second-order valence-corrected chi connectivity index (χ2v) is 13.0.